The standard InChI is InChI=1S/C14H18O4S/c1-4-5-8-18-12(15)7-6-11-9-10(2)19-13(11)14(16)17-3/h6-7,9H,4-5,8H2,1-3H3/b7-6+. The maximum Gasteiger partial charge on any atom is 0.348 e. The van der Waals surface area contributed by atoms with E-state index in [-0.39, 0.29) is 0 Å². The van der Waals surface area contributed by atoms with Crippen LogP contribution in [0.5, 0.6) is 0 Å². The lowest BCUT2D eigenvalue weighted by Gasteiger charge is -1.99. The van der Waals surface area contributed by atoms with Gasteiger partial charge in [-0.15, -0.1) is 11.3 Å². The number of carbonyl (C=O) groups excluding carboxylic acids is 2. The molecule has 0 aliphatic carbocycles. The lowest BCUT2D eigenvalue weighted by atomic mass is 10.2. The highest BCUT2D eigenvalue weighted by Gasteiger charge is 2.13. The van der Waals surface area contributed by atoms with E-state index in [0.29, 0.717) is 17.0 Å². The van der Waals surface area contributed by atoms with Crippen LogP contribution in [0.1, 0.15) is 39.9 Å². The molecular weight excluding hydrogens is 264 g/mol. The zero-order valence-electron chi connectivity index (χ0n) is 11.4. The van der Waals surface area contributed by atoms with E-state index in [9.17, 15) is 9.59 Å². The second-order valence-corrected chi connectivity index (χ2v) is 5.24. The Balaban J connectivity index is 2.70. The van der Waals surface area contributed by atoms with Gasteiger partial charge in [0, 0.05) is 16.5 Å². The van der Waals surface area contributed by atoms with Gasteiger partial charge in [-0.05, 0) is 25.5 Å². The number of methoxy groups -OCH3 is 1. The molecule has 1 aromatic rings. The summed E-state index contributed by atoms with van der Waals surface area (Å²) < 4.78 is 9.70. The van der Waals surface area contributed by atoms with Gasteiger partial charge in [-0.25, -0.2) is 9.59 Å². The van der Waals surface area contributed by atoms with E-state index in [2.05, 4.69) is 0 Å². The van der Waals surface area contributed by atoms with Gasteiger partial charge in [0.25, 0.3) is 0 Å². The van der Waals surface area contributed by atoms with Crippen molar-refractivity contribution in [2.24, 2.45) is 0 Å². The van der Waals surface area contributed by atoms with Crippen molar-refractivity contribution in [3.05, 3.63) is 27.5 Å². The Hall–Kier alpha value is -1.62. The number of rotatable bonds is 6. The predicted octanol–water partition coefficient (Wildman–Crippen LogP) is 3.20. The van der Waals surface area contributed by atoms with Crippen LogP contribution < -0.4 is 0 Å². The van der Waals surface area contributed by atoms with Crippen LogP contribution in [0, 0.1) is 6.92 Å². The third-order valence-corrected chi connectivity index (χ3v) is 3.44. The number of hydrogen-bond acceptors (Lipinski definition) is 5. The molecule has 104 valence electrons. The molecule has 0 bridgehead atoms. The topological polar surface area (TPSA) is 52.6 Å². The summed E-state index contributed by atoms with van der Waals surface area (Å²) in [5.41, 5.74) is 0.682. The minimum atomic E-state index is -0.395. The van der Waals surface area contributed by atoms with Crippen LogP contribution in [0.25, 0.3) is 6.08 Å². The van der Waals surface area contributed by atoms with E-state index in [1.54, 1.807) is 6.08 Å². The highest BCUT2D eigenvalue weighted by atomic mass is 32.1. The Morgan fingerprint density at radius 1 is 1.42 bits per heavy atom. The van der Waals surface area contributed by atoms with Gasteiger partial charge in [0.05, 0.1) is 13.7 Å². The molecule has 4 nitrogen and oxygen atoms in total. The van der Waals surface area contributed by atoms with Gasteiger partial charge in [0.1, 0.15) is 4.88 Å². The Morgan fingerprint density at radius 3 is 2.79 bits per heavy atom. The molecule has 0 saturated carbocycles. The average Bonchev–Trinajstić information content (AvgIpc) is 2.77. The SMILES string of the molecule is CCCCOC(=O)/C=C/c1cc(C)sc1C(=O)OC. The lowest BCUT2D eigenvalue weighted by molar-refractivity contribution is -0.137. The van der Waals surface area contributed by atoms with Gasteiger partial charge < -0.3 is 9.47 Å². The first kappa shape index (κ1) is 15.4. The number of hydrogen-bond donors (Lipinski definition) is 0. The van der Waals surface area contributed by atoms with Crippen LogP contribution in [0.2, 0.25) is 0 Å². The van der Waals surface area contributed by atoms with Crippen molar-refractivity contribution in [2.75, 3.05) is 13.7 Å². The molecule has 1 aromatic heterocycles. The number of esters is 2. The summed E-state index contributed by atoms with van der Waals surface area (Å²) >= 11 is 1.34. The van der Waals surface area contributed by atoms with Crippen molar-refractivity contribution in [1.82, 2.24) is 0 Å². The van der Waals surface area contributed by atoms with Crippen LogP contribution in [0.4, 0.5) is 0 Å². The maximum atomic E-state index is 11.5. The summed E-state index contributed by atoms with van der Waals surface area (Å²) in [5, 5.41) is 0. The molecule has 0 radical (unpaired) electrons. The molecule has 0 fully saturated rings. The van der Waals surface area contributed by atoms with E-state index in [0.717, 1.165) is 17.7 Å². The summed E-state index contributed by atoms with van der Waals surface area (Å²) in [6.07, 6.45) is 4.76. The normalized spacial score (nSPS) is 10.7. The molecule has 0 N–H and O–H groups in total. The fourth-order valence-electron chi connectivity index (χ4n) is 1.43. The fourth-order valence-corrected chi connectivity index (χ4v) is 2.35. The second kappa shape index (κ2) is 7.74. The molecule has 19 heavy (non-hydrogen) atoms. The molecule has 0 unspecified atom stereocenters. The molecule has 0 atom stereocenters. The summed E-state index contributed by atoms with van der Waals surface area (Å²) in [5.74, 6) is -0.787. The van der Waals surface area contributed by atoms with E-state index < -0.39 is 11.9 Å². The molecule has 1 rings (SSSR count). The monoisotopic (exact) mass is 282 g/mol. The highest BCUT2D eigenvalue weighted by Crippen LogP contribution is 2.23. The minimum Gasteiger partial charge on any atom is -0.465 e. The van der Waals surface area contributed by atoms with Crippen molar-refractivity contribution in [3.63, 3.8) is 0 Å². The zero-order valence-corrected chi connectivity index (χ0v) is 12.2. The van der Waals surface area contributed by atoms with E-state index >= 15 is 0 Å². The van der Waals surface area contributed by atoms with Gasteiger partial charge in [-0.1, -0.05) is 13.3 Å². The van der Waals surface area contributed by atoms with Crippen LogP contribution in [-0.4, -0.2) is 25.7 Å². The Kier molecular flexibility index (Phi) is 6.29. The molecule has 0 amide bonds. The Bertz CT molecular complexity index is 474. The molecule has 0 aromatic carbocycles. The first-order valence-corrected chi connectivity index (χ1v) is 6.93. The molecule has 0 aliphatic rings. The van der Waals surface area contributed by atoms with E-state index in [1.807, 2.05) is 19.9 Å². The van der Waals surface area contributed by atoms with Gasteiger partial charge in [0.2, 0.25) is 0 Å². The van der Waals surface area contributed by atoms with Crippen LogP contribution >= 0.6 is 11.3 Å². The van der Waals surface area contributed by atoms with Gasteiger partial charge in [-0.3, -0.25) is 0 Å². The number of ether oxygens (including phenoxy) is 2. The quantitative estimate of drug-likeness (QED) is 0.457. The lowest BCUT2D eigenvalue weighted by Crippen LogP contribution is -2.02. The van der Waals surface area contributed by atoms with E-state index in [1.165, 1.54) is 24.5 Å². The molecule has 1 heterocycles. The fraction of sp³-hybridized carbons (Fsp3) is 0.429. The smallest absolute Gasteiger partial charge is 0.348 e. The number of carbonyl (C=O) groups is 2. The molecule has 0 spiro atoms. The van der Waals surface area contributed by atoms with Crippen molar-refractivity contribution in [2.45, 2.75) is 26.7 Å². The third-order valence-electron chi connectivity index (χ3n) is 2.40. The van der Waals surface area contributed by atoms with Crippen molar-refractivity contribution >= 4 is 29.4 Å². The first-order valence-electron chi connectivity index (χ1n) is 6.12. The Labute approximate surface area is 117 Å². The largest absolute Gasteiger partial charge is 0.465 e. The summed E-state index contributed by atoms with van der Waals surface area (Å²) in [6, 6.07) is 1.84. The van der Waals surface area contributed by atoms with Crippen molar-refractivity contribution in [3.8, 4) is 0 Å². The number of unbranched alkanes of at least 4 members (excludes halogenated alkanes) is 1. The van der Waals surface area contributed by atoms with Gasteiger partial charge in [-0.2, -0.15) is 0 Å². The van der Waals surface area contributed by atoms with Crippen molar-refractivity contribution < 1.29 is 19.1 Å². The predicted molar refractivity (Wildman–Crippen MR) is 75.3 cm³/mol. The zero-order chi connectivity index (χ0) is 14.3. The molecule has 0 aliphatic heterocycles. The maximum absolute atomic E-state index is 11.5. The van der Waals surface area contributed by atoms with E-state index in [4.69, 9.17) is 9.47 Å². The van der Waals surface area contributed by atoms with Crippen LogP contribution in [0.3, 0.4) is 0 Å². The summed E-state index contributed by atoms with van der Waals surface area (Å²) in [7, 11) is 1.34. The second-order valence-electron chi connectivity index (χ2n) is 3.99. The van der Waals surface area contributed by atoms with Crippen molar-refractivity contribution in [1.29, 1.82) is 0 Å². The minimum absolute atomic E-state index is 0.392. The highest BCUT2D eigenvalue weighted by molar-refractivity contribution is 7.14. The molecule has 0 saturated heterocycles. The first-order chi connectivity index (χ1) is 9.08. The van der Waals surface area contributed by atoms with Gasteiger partial charge >= 0.3 is 11.9 Å². The summed E-state index contributed by atoms with van der Waals surface area (Å²) in [6.45, 7) is 4.35. The average molecular weight is 282 g/mol. The Morgan fingerprint density at radius 2 is 2.16 bits per heavy atom. The van der Waals surface area contributed by atoms with Gasteiger partial charge in [0.15, 0.2) is 0 Å². The third kappa shape index (κ3) is 4.87. The molecule has 5 heteroatoms. The van der Waals surface area contributed by atoms with Crippen LogP contribution in [0.15, 0.2) is 12.1 Å². The van der Waals surface area contributed by atoms with Crippen LogP contribution in [-0.2, 0) is 14.3 Å². The number of aryl methyl sites for hydroxylation is 1. The molecular formula is C14H18O4S. The summed E-state index contributed by atoms with van der Waals surface area (Å²) in [4.78, 5) is 24.5. The number of thiophene rings is 1.